The van der Waals surface area contributed by atoms with E-state index in [-0.39, 0.29) is 24.0 Å². The summed E-state index contributed by atoms with van der Waals surface area (Å²) in [4.78, 5) is 29.1. The summed E-state index contributed by atoms with van der Waals surface area (Å²) >= 11 is 0. The van der Waals surface area contributed by atoms with Crippen LogP contribution in [0.25, 0.3) is 0 Å². The smallest absolute Gasteiger partial charge is 0.416 e. The van der Waals surface area contributed by atoms with Crippen molar-refractivity contribution in [3.8, 4) is 0 Å². The Morgan fingerprint density at radius 2 is 1.76 bits per heavy atom. The minimum atomic E-state index is -4.35. The first-order valence-corrected chi connectivity index (χ1v) is 13.5. The van der Waals surface area contributed by atoms with Gasteiger partial charge in [-0.25, -0.2) is 4.79 Å². The van der Waals surface area contributed by atoms with Gasteiger partial charge in [0.2, 0.25) is 5.91 Å². The third kappa shape index (κ3) is 6.16. The SMILES string of the molecule is O=C1OC2(CCN(c3ccc(C(F)(F)F)cc3)CC2)CN1C[C@H]1CC[C@H](C(=O)NCC2CCCO2)CC1. The van der Waals surface area contributed by atoms with Crippen LogP contribution in [0.2, 0.25) is 0 Å². The molecule has 0 bridgehead atoms. The van der Waals surface area contributed by atoms with Crippen molar-refractivity contribution >= 4 is 17.7 Å². The molecule has 1 saturated carbocycles. The maximum Gasteiger partial charge on any atom is 0.416 e. The molecule has 37 heavy (non-hydrogen) atoms. The first kappa shape index (κ1) is 26.1. The van der Waals surface area contributed by atoms with E-state index in [1.54, 1.807) is 0 Å². The van der Waals surface area contributed by atoms with Gasteiger partial charge in [0, 0.05) is 57.2 Å². The van der Waals surface area contributed by atoms with Crippen LogP contribution in [0, 0.1) is 11.8 Å². The van der Waals surface area contributed by atoms with Crippen molar-refractivity contribution in [3.05, 3.63) is 29.8 Å². The second-order valence-corrected chi connectivity index (χ2v) is 11.1. The largest absolute Gasteiger partial charge is 0.441 e. The Kier molecular flexibility index (Phi) is 7.56. The second kappa shape index (κ2) is 10.7. The highest BCUT2D eigenvalue weighted by Gasteiger charge is 2.47. The Morgan fingerprint density at radius 1 is 1.05 bits per heavy atom. The summed E-state index contributed by atoms with van der Waals surface area (Å²) in [6.45, 7) is 3.82. The molecule has 1 unspecified atom stereocenters. The van der Waals surface area contributed by atoms with E-state index < -0.39 is 17.3 Å². The fourth-order valence-electron chi connectivity index (χ4n) is 6.21. The van der Waals surface area contributed by atoms with Gasteiger partial charge in [0.15, 0.2) is 0 Å². The summed E-state index contributed by atoms with van der Waals surface area (Å²) in [5, 5.41) is 3.05. The van der Waals surface area contributed by atoms with Crippen molar-refractivity contribution in [3.63, 3.8) is 0 Å². The van der Waals surface area contributed by atoms with Gasteiger partial charge < -0.3 is 24.6 Å². The van der Waals surface area contributed by atoms with Crippen molar-refractivity contribution in [1.29, 1.82) is 0 Å². The maximum atomic E-state index is 12.9. The van der Waals surface area contributed by atoms with Gasteiger partial charge in [0.05, 0.1) is 18.2 Å². The lowest BCUT2D eigenvalue weighted by molar-refractivity contribution is -0.137. The van der Waals surface area contributed by atoms with Crippen molar-refractivity contribution in [2.45, 2.75) is 69.2 Å². The summed E-state index contributed by atoms with van der Waals surface area (Å²) in [6, 6.07) is 5.23. The van der Waals surface area contributed by atoms with Crippen LogP contribution in [-0.4, -0.2) is 67.9 Å². The number of alkyl halides is 3. The molecular weight excluding hydrogens is 487 g/mol. The molecule has 1 atom stereocenters. The van der Waals surface area contributed by atoms with Gasteiger partial charge in [-0.2, -0.15) is 13.2 Å². The number of nitrogens with zero attached hydrogens (tertiary/aromatic N) is 2. The van der Waals surface area contributed by atoms with Gasteiger partial charge in [0.25, 0.3) is 0 Å². The van der Waals surface area contributed by atoms with Gasteiger partial charge in [0.1, 0.15) is 5.60 Å². The molecular formula is C27H36F3N3O4. The van der Waals surface area contributed by atoms with Crippen molar-refractivity contribution in [2.24, 2.45) is 11.8 Å². The Hall–Kier alpha value is -2.49. The van der Waals surface area contributed by atoms with E-state index in [0.29, 0.717) is 51.5 Å². The van der Waals surface area contributed by atoms with Crippen molar-refractivity contribution in [2.75, 3.05) is 44.2 Å². The molecule has 4 fully saturated rings. The van der Waals surface area contributed by atoms with E-state index >= 15 is 0 Å². The van der Waals surface area contributed by atoms with E-state index in [2.05, 4.69) is 5.32 Å². The van der Waals surface area contributed by atoms with Gasteiger partial charge in [-0.3, -0.25) is 4.79 Å². The van der Waals surface area contributed by atoms with E-state index in [1.807, 2.05) is 9.80 Å². The lowest BCUT2D eigenvalue weighted by atomic mass is 9.81. The molecule has 204 valence electrons. The number of rotatable bonds is 6. The number of halogens is 3. The summed E-state index contributed by atoms with van der Waals surface area (Å²) in [7, 11) is 0. The number of piperidine rings is 1. The van der Waals surface area contributed by atoms with Crippen molar-refractivity contribution in [1.82, 2.24) is 10.2 Å². The molecule has 1 aliphatic carbocycles. The average molecular weight is 524 g/mol. The van der Waals surface area contributed by atoms with Crippen LogP contribution in [0.3, 0.4) is 0 Å². The molecule has 10 heteroatoms. The number of amides is 2. The minimum Gasteiger partial charge on any atom is -0.441 e. The van der Waals surface area contributed by atoms with Crippen LogP contribution < -0.4 is 10.2 Å². The molecule has 1 aromatic carbocycles. The molecule has 0 aromatic heterocycles. The molecule has 7 nitrogen and oxygen atoms in total. The summed E-state index contributed by atoms with van der Waals surface area (Å²) in [5.41, 5.74) is -0.433. The van der Waals surface area contributed by atoms with Gasteiger partial charge in [-0.05, 0) is 68.7 Å². The highest BCUT2D eigenvalue weighted by atomic mass is 19.4. The minimum absolute atomic E-state index is 0.0315. The number of hydrogen-bond acceptors (Lipinski definition) is 5. The van der Waals surface area contributed by atoms with Gasteiger partial charge in [-0.1, -0.05) is 0 Å². The molecule has 0 radical (unpaired) electrons. The van der Waals surface area contributed by atoms with Crippen LogP contribution in [0.4, 0.5) is 23.7 Å². The molecule has 3 heterocycles. The number of carbonyl (C=O) groups is 2. The maximum absolute atomic E-state index is 12.9. The Balaban J connectivity index is 1.06. The summed E-state index contributed by atoms with van der Waals surface area (Å²) in [6.07, 6.45) is 2.37. The number of anilines is 1. The molecule has 3 aliphatic heterocycles. The fraction of sp³-hybridized carbons (Fsp3) is 0.704. The monoisotopic (exact) mass is 523 g/mol. The Labute approximate surface area is 215 Å². The lowest BCUT2D eigenvalue weighted by Gasteiger charge is -2.38. The van der Waals surface area contributed by atoms with E-state index in [1.165, 1.54) is 12.1 Å². The van der Waals surface area contributed by atoms with E-state index in [4.69, 9.17) is 9.47 Å². The van der Waals surface area contributed by atoms with Crippen LogP contribution in [-0.2, 0) is 20.4 Å². The lowest BCUT2D eigenvalue weighted by Crippen LogP contribution is -2.47. The molecule has 1 spiro atoms. The molecule has 1 aromatic rings. The third-order valence-corrected chi connectivity index (χ3v) is 8.50. The molecule has 5 rings (SSSR count). The number of nitrogens with one attached hydrogen (secondary N) is 1. The fourth-order valence-corrected chi connectivity index (χ4v) is 6.21. The quantitative estimate of drug-likeness (QED) is 0.590. The molecule has 4 aliphatic rings. The topological polar surface area (TPSA) is 71.1 Å². The van der Waals surface area contributed by atoms with Crippen LogP contribution in [0.5, 0.6) is 0 Å². The van der Waals surface area contributed by atoms with Crippen LogP contribution in [0.15, 0.2) is 24.3 Å². The molecule has 2 amide bonds. The standard InChI is InChI=1S/C27H36F3N3O4/c28-27(29,30)21-7-9-22(10-8-21)32-13-11-26(12-14-32)18-33(25(35)37-26)17-19-3-5-20(6-4-19)24(34)31-16-23-2-1-15-36-23/h7-10,19-20,23H,1-6,11-18H2,(H,31,34)/t19-,20-,23?. The van der Waals surface area contributed by atoms with Crippen LogP contribution in [0.1, 0.15) is 56.9 Å². The van der Waals surface area contributed by atoms with Crippen LogP contribution >= 0.6 is 0 Å². The molecule has 3 saturated heterocycles. The van der Waals surface area contributed by atoms with Crippen molar-refractivity contribution < 1.29 is 32.2 Å². The normalized spacial score (nSPS) is 28.0. The van der Waals surface area contributed by atoms with E-state index in [9.17, 15) is 22.8 Å². The first-order chi connectivity index (χ1) is 17.7. The molecule has 1 N–H and O–H groups in total. The van der Waals surface area contributed by atoms with E-state index in [0.717, 1.165) is 63.0 Å². The number of ether oxygens (including phenoxy) is 2. The number of hydrogen-bond donors (Lipinski definition) is 1. The summed E-state index contributed by atoms with van der Waals surface area (Å²) in [5.74, 6) is 0.509. The predicted octanol–water partition coefficient (Wildman–Crippen LogP) is 4.60. The predicted molar refractivity (Wildman–Crippen MR) is 131 cm³/mol. The highest BCUT2D eigenvalue weighted by molar-refractivity contribution is 5.78. The number of carbonyl (C=O) groups excluding carboxylic acids is 2. The highest BCUT2D eigenvalue weighted by Crippen LogP contribution is 2.38. The zero-order valence-electron chi connectivity index (χ0n) is 21.1. The zero-order valence-corrected chi connectivity index (χ0v) is 21.1. The first-order valence-electron chi connectivity index (χ1n) is 13.5. The zero-order chi connectivity index (χ0) is 26.0. The van der Waals surface area contributed by atoms with Gasteiger partial charge in [-0.15, -0.1) is 0 Å². The summed E-state index contributed by atoms with van der Waals surface area (Å²) < 4.78 is 50.0. The average Bonchev–Trinajstić information content (AvgIpc) is 3.51. The van der Waals surface area contributed by atoms with Gasteiger partial charge >= 0.3 is 12.3 Å². The second-order valence-electron chi connectivity index (χ2n) is 11.1. The Bertz CT molecular complexity index is 949. The Morgan fingerprint density at radius 3 is 2.38 bits per heavy atom. The number of benzene rings is 1. The third-order valence-electron chi connectivity index (χ3n) is 8.50.